The van der Waals surface area contributed by atoms with Crippen LogP contribution in [0.1, 0.15) is 32.1 Å². The van der Waals surface area contributed by atoms with E-state index >= 15 is 0 Å². The first-order valence-corrected chi connectivity index (χ1v) is 7.18. The summed E-state index contributed by atoms with van der Waals surface area (Å²) in [5.74, 6) is 0. The van der Waals surface area contributed by atoms with Crippen LogP contribution in [0.15, 0.2) is 0 Å². The van der Waals surface area contributed by atoms with Crippen molar-refractivity contribution < 1.29 is 23.2 Å². The second-order valence-corrected chi connectivity index (χ2v) is 6.33. The Morgan fingerprint density at radius 2 is 1.85 bits per heavy atom. The van der Waals surface area contributed by atoms with E-state index in [2.05, 4.69) is 4.31 Å². The van der Waals surface area contributed by atoms with Crippen LogP contribution in [0.4, 0.5) is 0 Å². The zero-order chi connectivity index (χ0) is 9.90. The van der Waals surface area contributed by atoms with Crippen LogP contribution < -0.4 is 0 Å². The Bertz CT molecular complexity index is 235. The molecule has 0 aliphatic heterocycles. The van der Waals surface area contributed by atoms with E-state index in [0.29, 0.717) is 12.8 Å². The summed E-state index contributed by atoms with van der Waals surface area (Å²) < 4.78 is 25.9. The highest BCUT2D eigenvalue weighted by molar-refractivity contribution is 7.60. The zero-order valence-electron chi connectivity index (χ0n) is 7.18. The van der Waals surface area contributed by atoms with Crippen molar-refractivity contribution in [2.75, 3.05) is 0 Å². The van der Waals surface area contributed by atoms with E-state index in [1.165, 1.54) is 0 Å². The Labute approximate surface area is 77.6 Å². The predicted molar refractivity (Wildman–Crippen MR) is 49.0 cm³/mol. The van der Waals surface area contributed by atoms with Gasteiger partial charge in [0, 0.05) is 0 Å². The Balaban J connectivity index is 2.56. The number of hydrogen-bond donors (Lipinski definition) is 2. The summed E-state index contributed by atoms with van der Waals surface area (Å²) in [6, 6.07) is 0. The van der Waals surface area contributed by atoms with Crippen LogP contribution in [0.5, 0.6) is 0 Å². The summed E-state index contributed by atoms with van der Waals surface area (Å²) in [6.07, 6.45) is 4.08. The van der Waals surface area contributed by atoms with Crippen LogP contribution in [0.2, 0.25) is 0 Å². The van der Waals surface area contributed by atoms with Crippen molar-refractivity contribution in [3.63, 3.8) is 0 Å². The van der Waals surface area contributed by atoms with E-state index in [4.69, 9.17) is 4.89 Å². The van der Waals surface area contributed by atoms with Gasteiger partial charge in [0.25, 0.3) is 0 Å². The van der Waals surface area contributed by atoms with Gasteiger partial charge in [0.05, 0.1) is 5.66 Å². The lowest BCUT2D eigenvalue weighted by molar-refractivity contribution is 0.325. The normalized spacial score (nSPS) is 26.6. The summed E-state index contributed by atoms with van der Waals surface area (Å²) in [6.45, 7) is 0. The lowest BCUT2D eigenvalue weighted by Gasteiger charge is -2.24. The second-order valence-electron chi connectivity index (χ2n) is 3.21. The van der Waals surface area contributed by atoms with Gasteiger partial charge < -0.3 is 9.79 Å². The maximum absolute atomic E-state index is 11.4. The fourth-order valence-electron chi connectivity index (χ4n) is 1.59. The highest BCUT2D eigenvalue weighted by Gasteiger charge is 2.34. The molecule has 2 unspecified atom stereocenters. The molecule has 0 spiro atoms. The van der Waals surface area contributed by atoms with E-state index in [1.807, 2.05) is 0 Å². The highest BCUT2D eigenvalue weighted by Crippen LogP contribution is 2.57. The molecule has 0 amide bonds. The summed E-state index contributed by atoms with van der Waals surface area (Å²) in [5.41, 5.74) is -0.442. The van der Waals surface area contributed by atoms with Crippen molar-refractivity contribution in [1.82, 2.24) is 0 Å². The van der Waals surface area contributed by atoms with E-state index in [0.717, 1.165) is 19.3 Å². The van der Waals surface area contributed by atoms with E-state index in [1.54, 1.807) is 0 Å². The van der Waals surface area contributed by atoms with E-state index in [9.17, 15) is 14.0 Å². The third kappa shape index (κ3) is 3.53. The van der Waals surface area contributed by atoms with Gasteiger partial charge >= 0.3 is 15.9 Å². The summed E-state index contributed by atoms with van der Waals surface area (Å²) in [5, 5.41) is 0. The van der Waals surface area contributed by atoms with E-state index in [-0.39, 0.29) is 0 Å². The Kier molecular flexibility index (Phi) is 4.14. The van der Waals surface area contributed by atoms with Gasteiger partial charge in [0.2, 0.25) is 0 Å². The Morgan fingerprint density at radius 3 is 2.31 bits per heavy atom. The van der Waals surface area contributed by atoms with Gasteiger partial charge in [-0.3, -0.25) is 9.13 Å². The molecule has 0 aromatic carbocycles. The lowest BCUT2D eigenvalue weighted by Crippen LogP contribution is -2.13. The van der Waals surface area contributed by atoms with Gasteiger partial charge in [-0.1, -0.05) is 19.3 Å². The third-order valence-electron chi connectivity index (χ3n) is 2.25. The van der Waals surface area contributed by atoms with Crippen LogP contribution >= 0.6 is 15.9 Å². The Hall–Kier alpha value is 0.340. The van der Waals surface area contributed by atoms with Crippen LogP contribution in [0.25, 0.3) is 0 Å². The van der Waals surface area contributed by atoms with Crippen molar-refractivity contribution in [2.45, 2.75) is 37.8 Å². The first kappa shape index (κ1) is 11.4. The van der Waals surface area contributed by atoms with Gasteiger partial charge in [0.15, 0.2) is 0 Å². The van der Waals surface area contributed by atoms with Gasteiger partial charge in [-0.05, 0) is 12.8 Å². The molecule has 1 saturated carbocycles. The molecule has 2 N–H and O–H groups in total. The summed E-state index contributed by atoms with van der Waals surface area (Å²) in [7, 11) is -7.14. The largest absolute Gasteiger partial charge is 0.338 e. The first-order chi connectivity index (χ1) is 6.02. The molecular formula is C6H14O5P2. The van der Waals surface area contributed by atoms with Crippen molar-refractivity contribution in [1.29, 1.82) is 0 Å². The van der Waals surface area contributed by atoms with Crippen LogP contribution in [0.3, 0.4) is 0 Å². The van der Waals surface area contributed by atoms with Crippen molar-refractivity contribution in [3.8, 4) is 0 Å². The molecule has 78 valence electrons. The number of hydrogen-bond acceptors (Lipinski definition) is 3. The molecule has 7 heteroatoms. The van der Waals surface area contributed by atoms with Gasteiger partial charge in [-0.2, -0.15) is 0 Å². The monoisotopic (exact) mass is 228 g/mol. The lowest BCUT2D eigenvalue weighted by atomic mass is 10.0. The molecule has 0 radical (unpaired) electrons. The molecule has 0 heterocycles. The molecule has 1 rings (SSSR count). The molecule has 5 nitrogen and oxygen atoms in total. The predicted octanol–water partition coefficient (Wildman–Crippen LogP) is 1.90. The molecular weight excluding hydrogens is 214 g/mol. The molecule has 0 saturated heterocycles. The maximum Gasteiger partial charge on any atom is 0.338 e. The molecule has 1 aliphatic rings. The quantitative estimate of drug-likeness (QED) is 0.720. The molecule has 0 aromatic rings. The third-order valence-corrected chi connectivity index (χ3v) is 5.36. The van der Waals surface area contributed by atoms with Crippen molar-refractivity contribution >= 4 is 15.9 Å². The minimum Gasteiger partial charge on any atom is -0.326 e. The fourth-order valence-corrected chi connectivity index (χ4v) is 4.10. The maximum atomic E-state index is 11.4. The van der Waals surface area contributed by atoms with Crippen LogP contribution in [-0.4, -0.2) is 15.4 Å². The standard InChI is InChI=1S/C6H14O5P2/c7-12(8)11-13(9,10)6-4-2-1-3-5-6/h6,12H,1-5H2,(H,7,8)(H,9,10). The Morgan fingerprint density at radius 1 is 1.31 bits per heavy atom. The topological polar surface area (TPSA) is 83.8 Å². The zero-order valence-corrected chi connectivity index (χ0v) is 9.07. The average Bonchev–Trinajstić information content (AvgIpc) is 2.04. The minimum absolute atomic E-state index is 0.442. The SMILES string of the molecule is O=[PH](O)OP(=O)(O)C1CCCCC1. The molecule has 13 heavy (non-hydrogen) atoms. The fraction of sp³-hybridized carbons (Fsp3) is 1.00. The van der Waals surface area contributed by atoms with Gasteiger partial charge in [0.1, 0.15) is 0 Å². The van der Waals surface area contributed by atoms with Gasteiger partial charge in [-0.15, -0.1) is 0 Å². The van der Waals surface area contributed by atoms with Crippen LogP contribution in [0, 0.1) is 0 Å². The van der Waals surface area contributed by atoms with Crippen LogP contribution in [-0.2, 0) is 13.4 Å². The smallest absolute Gasteiger partial charge is 0.326 e. The average molecular weight is 228 g/mol. The molecule has 1 fully saturated rings. The second kappa shape index (κ2) is 4.72. The first-order valence-electron chi connectivity index (χ1n) is 4.27. The van der Waals surface area contributed by atoms with Gasteiger partial charge in [-0.25, -0.2) is 4.31 Å². The summed E-state index contributed by atoms with van der Waals surface area (Å²) in [4.78, 5) is 17.7. The summed E-state index contributed by atoms with van der Waals surface area (Å²) >= 11 is 0. The molecule has 0 bridgehead atoms. The number of rotatable bonds is 3. The molecule has 1 aliphatic carbocycles. The van der Waals surface area contributed by atoms with Crippen molar-refractivity contribution in [2.24, 2.45) is 0 Å². The molecule has 0 aromatic heterocycles. The van der Waals surface area contributed by atoms with E-state index < -0.39 is 21.5 Å². The molecule has 2 atom stereocenters. The van der Waals surface area contributed by atoms with Crippen molar-refractivity contribution in [3.05, 3.63) is 0 Å². The highest BCUT2D eigenvalue weighted by atomic mass is 31.2. The minimum atomic E-state index is -3.84.